The molecule has 1 aromatic carbocycles. The van der Waals surface area contributed by atoms with Crippen LogP contribution in [0.4, 0.5) is 0 Å². The van der Waals surface area contributed by atoms with E-state index in [0.717, 1.165) is 0 Å². The maximum absolute atomic E-state index is 11.9. The summed E-state index contributed by atoms with van der Waals surface area (Å²) in [6, 6.07) is 8.10. The SMILES string of the molecule is Cl.NCc1cc(Oc2cccc(C(=O)NCCC(=O)O)c2)ncn1. The molecule has 0 bridgehead atoms. The minimum absolute atomic E-state index is 0. The Morgan fingerprint density at radius 1 is 1.25 bits per heavy atom. The van der Waals surface area contributed by atoms with Crippen molar-refractivity contribution in [1.29, 1.82) is 0 Å². The number of carbonyl (C=O) groups excluding carboxylic acids is 1. The fraction of sp³-hybridized carbons (Fsp3) is 0.200. The van der Waals surface area contributed by atoms with Gasteiger partial charge in [-0.1, -0.05) is 6.07 Å². The fourth-order valence-corrected chi connectivity index (χ4v) is 1.75. The molecule has 128 valence electrons. The molecular formula is C15H17ClN4O4. The van der Waals surface area contributed by atoms with Crippen LogP contribution < -0.4 is 15.8 Å². The number of carbonyl (C=O) groups is 2. The van der Waals surface area contributed by atoms with Crippen molar-refractivity contribution in [2.75, 3.05) is 6.54 Å². The molecule has 0 fully saturated rings. The molecule has 1 aromatic heterocycles. The summed E-state index contributed by atoms with van der Waals surface area (Å²) in [7, 11) is 0. The first-order chi connectivity index (χ1) is 11.1. The normalized spacial score (nSPS) is 9.71. The molecule has 8 nitrogen and oxygen atoms in total. The van der Waals surface area contributed by atoms with Crippen LogP contribution >= 0.6 is 12.4 Å². The molecule has 1 heterocycles. The monoisotopic (exact) mass is 352 g/mol. The Kier molecular flexibility index (Phi) is 7.60. The number of halogens is 1. The Morgan fingerprint density at radius 3 is 2.75 bits per heavy atom. The van der Waals surface area contributed by atoms with Gasteiger partial charge >= 0.3 is 5.97 Å². The molecule has 24 heavy (non-hydrogen) atoms. The zero-order chi connectivity index (χ0) is 16.7. The number of aliphatic carboxylic acids is 1. The lowest BCUT2D eigenvalue weighted by molar-refractivity contribution is -0.136. The Balaban J connectivity index is 0.00000288. The summed E-state index contributed by atoms with van der Waals surface area (Å²) in [4.78, 5) is 30.3. The largest absolute Gasteiger partial charge is 0.481 e. The van der Waals surface area contributed by atoms with Gasteiger partial charge < -0.3 is 20.9 Å². The van der Waals surface area contributed by atoms with E-state index in [2.05, 4.69) is 15.3 Å². The summed E-state index contributed by atoms with van der Waals surface area (Å²) >= 11 is 0. The minimum Gasteiger partial charge on any atom is -0.481 e. The number of nitrogens with two attached hydrogens (primary N) is 1. The number of carboxylic acid groups (broad SMARTS) is 1. The van der Waals surface area contributed by atoms with E-state index in [1.54, 1.807) is 30.3 Å². The molecule has 0 aliphatic rings. The smallest absolute Gasteiger partial charge is 0.305 e. The van der Waals surface area contributed by atoms with Crippen LogP contribution in [-0.2, 0) is 11.3 Å². The standard InChI is InChI=1S/C15H16N4O4.ClH/c16-8-11-7-13(19-9-18-11)23-12-3-1-2-10(6-12)15(22)17-5-4-14(20)21;/h1-3,6-7,9H,4-5,8,16H2,(H,17,22)(H,20,21);1H. The number of ether oxygens (including phenoxy) is 1. The van der Waals surface area contributed by atoms with Crippen molar-refractivity contribution in [2.45, 2.75) is 13.0 Å². The van der Waals surface area contributed by atoms with Gasteiger partial charge in [-0.2, -0.15) is 0 Å². The van der Waals surface area contributed by atoms with E-state index in [9.17, 15) is 9.59 Å². The summed E-state index contributed by atoms with van der Waals surface area (Å²) in [5.74, 6) is -0.592. The van der Waals surface area contributed by atoms with Crippen LogP contribution in [0.1, 0.15) is 22.5 Å². The van der Waals surface area contributed by atoms with E-state index >= 15 is 0 Å². The summed E-state index contributed by atoms with van der Waals surface area (Å²) in [6.45, 7) is 0.329. The molecule has 0 unspecified atom stereocenters. The third kappa shape index (κ3) is 5.82. The highest BCUT2D eigenvalue weighted by Gasteiger charge is 2.08. The Morgan fingerprint density at radius 2 is 2.04 bits per heavy atom. The zero-order valence-electron chi connectivity index (χ0n) is 12.6. The predicted molar refractivity (Wildman–Crippen MR) is 88.3 cm³/mol. The summed E-state index contributed by atoms with van der Waals surface area (Å²) in [6.07, 6.45) is 1.21. The lowest BCUT2D eigenvalue weighted by atomic mass is 10.2. The number of nitrogens with one attached hydrogen (secondary N) is 1. The van der Waals surface area contributed by atoms with Crippen LogP contribution in [0.25, 0.3) is 0 Å². The van der Waals surface area contributed by atoms with E-state index in [-0.39, 0.29) is 37.8 Å². The lowest BCUT2D eigenvalue weighted by Gasteiger charge is -2.08. The van der Waals surface area contributed by atoms with Crippen LogP contribution in [0.2, 0.25) is 0 Å². The molecule has 1 amide bonds. The van der Waals surface area contributed by atoms with Crippen molar-refractivity contribution >= 4 is 24.3 Å². The van der Waals surface area contributed by atoms with Crippen LogP contribution in [-0.4, -0.2) is 33.5 Å². The third-order valence-electron chi connectivity index (χ3n) is 2.85. The van der Waals surface area contributed by atoms with Gasteiger partial charge in [0.1, 0.15) is 12.1 Å². The highest BCUT2D eigenvalue weighted by atomic mass is 35.5. The summed E-state index contributed by atoms with van der Waals surface area (Å²) in [5.41, 5.74) is 6.50. The summed E-state index contributed by atoms with van der Waals surface area (Å²) < 4.78 is 5.57. The topological polar surface area (TPSA) is 127 Å². The Hall–Kier alpha value is -2.71. The minimum atomic E-state index is -0.971. The van der Waals surface area contributed by atoms with Gasteiger partial charge in [0.05, 0.1) is 12.1 Å². The second-order valence-corrected chi connectivity index (χ2v) is 4.58. The van der Waals surface area contributed by atoms with Crippen molar-refractivity contribution in [2.24, 2.45) is 5.73 Å². The molecule has 0 radical (unpaired) electrons. The first kappa shape index (κ1) is 19.3. The van der Waals surface area contributed by atoms with Gasteiger partial charge in [0.15, 0.2) is 0 Å². The van der Waals surface area contributed by atoms with E-state index in [1.807, 2.05) is 0 Å². The number of aromatic nitrogens is 2. The maximum atomic E-state index is 11.9. The number of carboxylic acids is 1. The molecule has 0 spiro atoms. The van der Waals surface area contributed by atoms with Gasteiger partial charge in [0.2, 0.25) is 5.88 Å². The number of benzene rings is 1. The van der Waals surface area contributed by atoms with E-state index in [0.29, 0.717) is 22.9 Å². The van der Waals surface area contributed by atoms with Crippen LogP contribution in [0.5, 0.6) is 11.6 Å². The summed E-state index contributed by atoms with van der Waals surface area (Å²) in [5, 5.41) is 11.1. The number of rotatable bonds is 7. The average molecular weight is 353 g/mol. The number of nitrogens with zero attached hydrogens (tertiary/aromatic N) is 2. The predicted octanol–water partition coefficient (Wildman–Crippen LogP) is 1.35. The van der Waals surface area contributed by atoms with E-state index in [1.165, 1.54) is 6.33 Å². The molecular weight excluding hydrogens is 336 g/mol. The first-order valence-corrected chi connectivity index (χ1v) is 6.87. The van der Waals surface area contributed by atoms with Crippen molar-refractivity contribution in [3.05, 3.63) is 47.9 Å². The van der Waals surface area contributed by atoms with E-state index in [4.69, 9.17) is 15.6 Å². The Labute approximate surface area is 144 Å². The molecule has 9 heteroatoms. The van der Waals surface area contributed by atoms with Gasteiger partial charge in [-0.15, -0.1) is 12.4 Å². The van der Waals surface area contributed by atoms with Crippen LogP contribution in [0, 0.1) is 0 Å². The highest BCUT2D eigenvalue weighted by molar-refractivity contribution is 5.94. The lowest BCUT2D eigenvalue weighted by Crippen LogP contribution is -2.25. The average Bonchev–Trinajstić information content (AvgIpc) is 2.55. The quantitative estimate of drug-likeness (QED) is 0.686. The molecule has 0 saturated carbocycles. The molecule has 0 aliphatic carbocycles. The van der Waals surface area contributed by atoms with Crippen LogP contribution in [0.15, 0.2) is 36.7 Å². The van der Waals surface area contributed by atoms with Gasteiger partial charge in [0, 0.05) is 24.7 Å². The highest BCUT2D eigenvalue weighted by Crippen LogP contribution is 2.20. The zero-order valence-corrected chi connectivity index (χ0v) is 13.5. The first-order valence-electron chi connectivity index (χ1n) is 6.87. The number of amides is 1. The fourth-order valence-electron chi connectivity index (χ4n) is 1.75. The van der Waals surface area contributed by atoms with Crippen molar-refractivity contribution in [1.82, 2.24) is 15.3 Å². The number of hydrogen-bond acceptors (Lipinski definition) is 6. The van der Waals surface area contributed by atoms with Gasteiger partial charge in [-0.3, -0.25) is 9.59 Å². The van der Waals surface area contributed by atoms with Gasteiger partial charge in [-0.05, 0) is 18.2 Å². The van der Waals surface area contributed by atoms with Crippen molar-refractivity contribution in [3.63, 3.8) is 0 Å². The molecule has 4 N–H and O–H groups in total. The third-order valence-corrected chi connectivity index (χ3v) is 2.85. The molecule has 2 rings (SSSR count). The molecule has 0 atom stereocenters. The second kappa shape index (κ2) is 9.43. The van der Waals surface area contributed by atoms with E-state index < -0.39 is 5.97 Å². The van der Waals surface area contributed by atoms with Gasteiger partial charge in [-0.25, -0.2) is 9.97 Å². The maximum Gasteiger partial charge on any atom is 0.305 e. The Bertz CT molecular complexity index is 711. The molecule has 0 saturated heterocycles. The van der Waals surface area contributed by atoms with Crippen LogP contribution in [0.3, 0.4) is 0 Å². The number of hydrogen-bond donors (Lipinski definition) is 3. The molecule has 0 aliphatic heterocycles. The van der Waals surface area contributed by atoms with Gasteiger partial charge in [0.25, 0.3) is 5.91 Å². The van der Waals surface area contributed by atoms with Crippen molar-refractivity contribution in [3.8, 4) is 11.6 Å². The second-order valence-electron chi connectivity index (χ2n) is 4.58. The van der Waals surface area contributed by atoms with Crippen molar-refractivity contribution < 1.29 is 19.4 Å². The molecule has 2 aromatic rings.